The highest BCUT2D eigenvalue weighted by atomic mass is 127. The van der Waals surface area contributed by atoms with Crippen molar-refractivity contribution >= 4 is 28.3 Å². The van der Waals surface area contributed by atoms with Crippen LogP contribution in [-0.4, -0.2) is 12.0 Å². The van der Waals surface area contributed by atoms with E-state index in [1.54, 1.807) is 6.07 Å². The van der Waals surface area contributed by atoms with Crippen molar-refractivity contribution in [1.29, 1.82) is 0 Å². The zero-order chi connectivity index (χ0) is 13.8. The minimum absolute atomic E-state index is 0.0968. The van der Waals surface area contributed by atoms with Crippen LogP contribution in [0, 0.1) is 13.7 Å². The molecule has 0 N–H and O–H groups in total. The number of methoxy groups -OCH3 is 1. The van der Waals surface area contributed by atoms with Crippen molar-refractivity contribution in [3.63, 3.8) is 0 Å². The summed E-state index contributed by atoms with van der Waals surface area (Å²) in [6.07, 6.45) is 0. The summed E-state index contributed by atoms with van der Waals surface area (Å²) in [5.41, 5.74) is -0.0968. The van der Waals surface area contributed by atoms with Crippen molar-refractivity contribution in [2.24, 2.45) is 0 Å². The lowest BCUT2D eigenvalue weighted by Gasteiger charge is -2.09. The Morgan fingerprint density at radius 1 is 1.16 bits per heavy atom. The molecule has 6 heteroatoms. The number of hydrogen-bond donors (Lipinski definition) is 0. The number of halogens is 1. The van der Waals surface area contributed by atoms with Crippen LogP contribution < -0.4 is 9.47 Å². The summed E-state index contributed by atoms with van der Waals surface area (Å²) in [7, 11) is 1.50. The smallest absolute Gasteiger partial charge is 0.311 e. The molecule has 0 aliphatic heterocycles. The Hall–Kier alpha value is -1.83. The Morgan fingerprint density at radius 3 is 2.53 bits per heavy atom. The first-order chi connectivity index (χ1) is 9.11. The summed E-state index contributed by atoms with van der Waals surface area (Å²) in [6, 6.07) is 11.7. The van der Waals surface area contributed by atoms with Gasteiger partial charge in [0.05, 0.1) is 15.6 Å². The topological polar surface area (TPSA) is 61.6 Å². The van der Waals surface area contributed by atoms with E-state index in [1.165, 1.54) is 25.3 Å². The Labute approximate surface area is 123 Å². The fourth-order valence-electron chi connectivity index (χ4n) is 1.50. The quantitative estimate of drug-likeness (QED) is 0.463. The van der Waals surface area contributed by atoms with Gasteiger partial charge < -0.3 is 9.47 Å². The van der Waals surface area contributed by atoms with E-state index in [4.69, 9.17) is 9.47 Å². The van der Waals surface area contributed by atoms with Crippen LogP contribution in [0.3, 0.4) is 0 Å². The van der Waals surface area contributed by atoms with Gasteiger partial charge in [-0.15, -0.1) is 0 Å². The first kappa shape index (κ1) is 13.6. The Kier molecular flexibility index (Phi) is 4.20. The predicted octanol–water partition coefficient (Wildman–Crippen LogP) is 4.00. The van der Waals surface area contributed by atoms with E-state index < -0.39 is 4.92 Å². The molecule has 0 unspecified atom stereocenters. The second-order valence-corrected chi connectivity index (χ2v) is 4.79. The second kappa shape index (κ2) is 5.87. The van der Waals surface area contributed by atoms with Gasteiger partial charge >= 0.3 is 5.69 Å². The molecular formula is C13H10INO4. The van der Waals surface area contributed by atoms with Crippen LogP contribution in [0.5, 0.6) is 17.2 Å². The van der Waals surface area contributed by atoms with Crippen LogP contribution in [0.2, 0.25) is 0 Å². The summed E-state index contributed by atoms with van der Waals surface area (Å²) < 4.78 is 11.5. The van der Waals surface area contributed by atoms with Gasteiger partial charge in [-0.2, -0.15) is 0 Å². The fourth-order valence-corrected chi connectivity index (χ4v) is 2.00. The zero-order valence-corrected chi connectivity index (χ0v) is 12.2. The SMILES string of the molecule is COc1ccc([N+](=O)[O-])c(Oc2ccccc2I)c1. The molecule has 5 nitrogen and oxygen atoms in total. The summed E-state index contributed by atoms with van der Waals surface area (Å²) in [4.78, 5) is 10.5. The predicted molar refractivity (Wildman–Crippen MR) is 78.9 cm³/mol. The van der Waals surface area contributed by atoms with Gasteiger partial charge in [0, 0.05) is 12.1 Å². The molecule has 0 saturated heterocycles. The molecular weight excluding hydrogens is 361 g/mol. The lowest BCUT2D eigenvalue weighted by Crippen LogP contribution is -1.95. The van der Waals surface area contributed by atoms with Crippen LogP contribution in [0.1, 0.15) is 0 Å². The largest absolute Gasteiger partial charge is 0.497 e. The fraction of sp³-hybridized carbons (Fsp3) is 0.0769. The van der Waals surface area contributed by atoms with Crippen molar-refractivity contribution in [2.75, 3.05) is 7.11 Å². The second-order valence-electron chi connectivity index (χ2n) is 3.62. The number of nitro benzene ring substituents is 1. The lowest BCUT2D eigenvalue weighted by molar-refractivity contribution is -0.385. The third-order valence-electron chi connectivity index (χ3n) is 2.42. The van der Waals surface area contributed by atoms with Crippen molar-refractivity contribution in [1.82, 2.24) is 0 Å². The molecule has 0 heterocycles. The number of nitrogens with zero attached hydrogens (tertiary/aromatic N) is 1. The molecule has 0 saturated carbocycles. The highest BCUT2D eigenvalue weighted by Gasteiger charge is 2.17. The molecule has 19 heavy (non-hydrogen) atoms. The van der Waals surface area contributed by atoms with E-state index in [9.17, 15) is 10.1 Å². The summed E-state index contributed by atoms with van der Waals surface area (Å²) >= 11 is 2.11. The van der Waals surface area contributed by atoms with E-state index in [0.717, 1.165) is 3.57 Å². The van der Waals surface area contributed by atoms with Crippen molar-refractivity contribution in [3.05, 3.63) is 56.1 Å². The average molecular weight is 371 g/mol. The highest BCUT2D eigenvalue weighted by molar-refractivity contribution is 14.1. The van der Waals surface area contributed by atoms with E-state index in [-0.39, 0.29) is 11.4 Å². The van der Waals surface area contributed by atoms with Crippen molar-refractivity contribution < 1.29 is 14.4 Å². The normalized spacial score (nSPS) is 10.0. The lowest BCUT2D eigenvalue weighted by atomic mass is 10.2. The number of para-hydroxylation sites is 1. The van der Waals surface area contributed by atoms with Crippen LogP contribution in [0.25, 0.3) is 0 Å². The molecule has 0 bridgehead atoms. The minimum atomic E-state index is -0.482. The Bertz CT molecular complexity index is 615. The molecule has 2 rings (SSSR count). The molecule has 2 aromatic rings. The van der Waals surface area contributed by atoms with Gasteiger partial charge in [-0.25, -0.2) is 0 Å². The van der Waals surface area contributed by atoms with Crippen LogP contribution >= 0.6 is 22.6 Å². The molecule has 0 aliphatic carbocycles. The maximum absolute atomic E-state index is 11.0. The number of benzene rings is 2. The minimum Gasteiger partial charge on any atom is -0.497 e. The van der Waals surface area contributed by atoms with Gasteiger partial charge in [-0.05, 0) is 40.8 Å². The Morgan fingerprint density at radius 2 is 1.89 bits per heavy atom. The summed E-state index contributed by atoms with van der Waals surface area (Å²) in [6.45, 7) is 0. The van der Waals surface area contributed by atoms with E-state index in [2.05, 4.69) is 22.6 Å². The molecule has 0 spiro atoms. The molecule has 98 valence electrons. The van der Waals surface area contributed by atoms with Gasteiger partial charge in [0.1, 0.15) is 11.5 Å². The van der Waals surface area contributed by atoms with E-state index >= 15 is 0 Å². The van der Waals surface area contributed by atoms with Crippen molar-refractivity contribution in [2.45, 2.75) is 0 Å². The van der Waals surface area contributed by atoms with Gasteiger partial charge in [0.25, 0.3) is 0 Å². The van der Waals surface area contributed by atoms with Gasteiger partial charge in [0.2, 0.25) is 5.75 Å². The molecule has 0 aromatic heterocycles. The number of hydrogen-bond acceptors (Lipinski definition) is 4. The van der Waals surface area contributed by atoms with Crippen LogP contribution in [-0.2, 0) is 0 Å². The molecule has 0 radical (unpaired) electrons. The third-order valence-corrected chi connectivity index (χ3v) is 3.31. The van der Waals surface area contributed by atoms with Gasteiger partial charge in [-0.3, -0.25) is 10.1 Å². The first-order valence-electron chi connectivity index (χ1n) is 5.36. The standard InChI is InChI=1S/C13H10INO4/c1-18-9-6-7-11(15(16)17)13(8-9)19-12-5-3-2-4-10(12)14/h2-8H,1H3. The Balaban J connectivity index is 2.43. The van der Waals surface area contributed by atoms with Crippen molar-refractivity contribution in [3.8, 4) is 17.2 Å². The monoisotopic (exact) mass is 371 g/mol. The third kappa shape index (κ3) is 3.14. The maximum atomic E-state index is 11.0. The van der Waals surface area contributed by atoms with Crippen LogP contribution in [0.15, 0.2) is 42.5 Å². The number of ether oxygens (including phenoxy) is 2. The van der Waals surface area contributed by atoms with Gasteiger partial charge in [0.15, 0.2) is 0 Å². The summed E-state index contributed by atoms with van der Waals surface area (Å²) in [5.74, 6) is 1.24. The zero-order valence-electron chi connectivity index (χ0n) is 10.00. The molecule has 0 aliphatic rings. The first-order valence-corrected chi connectivity index (χ1v) is 6.44. The number of rotatable bonds is 4. The van der Waals surface area contributed by atoms with Crippen LogP contribution in [0.4, 0.5) is 5.69 Å². The van der Waals surface area contributed by atoms with E-state index in [0.29, 0.717) is 11.5 Å². The number of nitro groups is 1. The molecule has 0 fully saturated rings. The van der Waals surface area contributed by atoms with E-state index in [1.807, 2.05) is 18.2 Å². The maximum Gasteiger partial charge on any atom is 0.311 e. The molecule has 2 aromatic carbocycles. The highest BCUT2D eigenvalue weighted by Crippen LogP contribution is 2.35. The summed E-state index contributed by atoms with van der Waals surface area (Å²) in [5, 5.41) is 11.0. The average Bonchev–Trinajstić information content (AvgIpc) is 2.41. The molecule has 0 amide bonds. The molecule has 0 atom stereocenters. The van der Waals surface area contributed by atoms with Gasteiger partial charge in [-0.1, -0.05) is 12.1 Å².